The smallest absolute Gasteiger partial charge is 0.00773 e. The van der Waals surface area contributed by atoms with Gasteiger partial charge in [0.1, 0.15) is 0 Å². The van der Waals surface area contributed by atoms with Gasteiger partial charge in [-0.2, -0.15) is 0 Å². The van der Waals surface area contributed by atoms with E-state index in [0.717, 1.165) is 6.54 Å². The summed E-state index contributed by atoms with van der Waals surface area (Å²) in [5, 5.41) is 0. The summed E-state index contributed by atoms with van der Waals surface area (Å²) in [5.74, 6) is 0. The van der Waals surface area contributed by atoms with Crippen LogP contribution in [0.3, 0.4) is 0 Å². The molecule has 0 bridgehead atoms. The Morgan fingerprint density at radius 3 is 1.90 bits per heavy atom. The van der Waals surface area contributed by atoms with E-state index in [1.165, 1.54) is 25.5 Å². The van der Waals surface area contributed by atoms with Gasteiger partial charge in [-0.25, -0.2) is 0 Å². The summed E-state index contributed by atoms with van der Waals surface area (Å²) >= 11 is 0. The molecule has 0 fully saturated rings. The second kappa shape index (κ2) is 15.8. The van der Waals surface area contributed by atoms with Gasteiger partial charge in [0.05, 0.1) is 0 Å². The molecular formula is C8H20N2. The van der Waals surface area contributed by atoms with Crippen LogP contribution >= 0.6 is 0 Å². The maximum absolute atomic E-state index is 5.21. The Kier molecular flexibility index (Phi) is 19.3. The van der Waals surface area contributed by atoms with E-state index in [0.29, 0.717) is 0 Å². The Balaban J connectivity index is 0. The van der Waals surface area contributed by atoms with E-state index in [1.54, 1.807) is 6.08 Å². The molecule has 2 heteroatoms. The number of unbranched alkanes of at least 4 members (excludes halogenated alkanes) is 2. The van der Waals surface area contributed by atoms with Gasteiger partial charge in [-0.15, -0.1) is 0 Å². The highest BCUT2D eigenvalue weighted by molar-refractivity contribution is 4.66. The van der Waals surface area contributed by atoms with Gasteiger partial charge >= 0.3 is 0 Å². The van der Waals surface area contributed by atoms with Crippen molar-refractivity contribution < 1.29 is 0 Å². The third-order valence-corrected chi connectivity index (χ3v) is 1.00. The molecular weight excluding hydrogens is 124 g/mol. The third kappa shape index (κ3) is 25.9. The van der Waals surface area contributed by atoms with E-state index >= 15 is 0 Å². The average molecular weight is 144 g/mol. The van der Waals surface area contributed by atoms with Crippen molar-refractivity contribution in [2.24, 2.45) is 11.5 Å². The van der Waals surface area contributed by atoms with Crippen LogP contribution in [0.15, 0.2) is 12.3 Å². The maximum Gasteiger partial charge on any atom is -0.00773 e. The van der Waals surface area contributed by atoms with Crippen molar-refractivity contribution in [2.45, 2.75) is 33.1 Å². The lowest BCUT2D eigenvalue weighted by Gasteiger charge is -1.86. The first kappa shape index (κ1) is 12.2. The highest BCUT2D eigenvalue weighted by Gasteiger charge is 1.75. The van der Waals surface area contributed by atoms with Crippen LogP contribution in [0.25, 0.3) is 0 Å². The molecule has 10 heavy (non-hydrogen) atoms. The minimum absolute atomic E-state index is 0.855. The van der Waals surface area contributed by atoms with Gasteiger partial charge in [-0.1, -0.05) is 25.8 Å². The summed E-state index contributed by atoms with van der Waals surface area (Å²) in [5.41, 5.74) is 10.1. The molecule has 62 valence electrons. The quantitative estimate of drug-likeness (QED) is 0.591. The summed E-state index contributed by atoms with van der Waals surface area (Å²) in [6.07, 6.45) is 7.03. The zero-order valence-electron chi connectivity index (χ0n) is 7.14. The topological polar surface area (TPSA) is 52.0 Å². The van der Waals surface area contributed by atoms with Crippen molar-refractivity contribution in [1.82, 2.24) is 0 Å². The molecule has 0 atom stereocenters. The predicted octanol–water partition coefficient (Wildman–Crippen LogP) is 1.61. The zero-order chi connectivity index (χ0) is 8.24. The van der Waals surface area contributed by atoms with Crippen LogP contribution in [0.4, 0.5) is 0 Å². The summed E-state index contributed by atoms with van der Waals surface area (Å²) < 4.78 is 0. The van der Waals surface area contributed by atoms with Crippen LogP contribution < -0.4 is 11.5 Å². The number of rotatable bonds is 3. The molecule has 0 saturated carbocycles. The Bertz CT molecular complexity index is 52.3. The van der Waals surface area contributed by atoms with Crippen LogP contribution in [0, 0.1) is 0 Å². The normalized spacial score (nSPS) is 9.10. The molecule has 0 rings (SSSR count). The molecule has 4 N–H and O–H groups in total. The molecule has 0 radical (unpaired) electrons. The number of hydrogen-bond acceptors (Lipinski definition) is 2. The molecule has 0 saturated heterocycles. The van der Waals surface area contributed by atoms with Crippen LogP contribution in [-0.2, 0) is 0 Å². The van der Waals surface area contributed by atoms with Crippen molar-refractivity contribution in [3.8, 4) is 0 Å². The first-order chi connectivity index (χ1) is 4.83. The average Bonchev–Trinajstić information content (AvgIpc) is 2.01. The minimum atomic E-state index is 0.855. The van der Waals surface area contributed by atoms with Crippen molar-refractivity contribution >= 4 is 0 Å². The predicted molar refractivity (Wildman–Crippen MR) is 47.6 cm³/mol. The van der Waals surface area contributed by atoms with Gasteiger partial charge in [0, 0.05) is 0 Å². The van der Waals surface area contributed by atoms with E-state index in [9.17, 15) is 0 Å². The molecule has 0 aliphatic rings. The Hall–Kier alpha value is -0.500. The van der Waals surface area contributed by atoms with E-state index in [-0.39, 0.29) is 0 Å². The first-order valence-electron chi connectivity index (χ1n) is 3.86. The fourth-order valence-corrected chi connectivity index (χ4v) is 0.394. The lowest BCUT2D eigenvalue weighted by Crippen LogP contribution is -1.96. The van der Waals surface area contributed by atoms with Gasteiger partial charge in [0.2, 0.25) is 0 Å². The molecule has 0 aromatic heterocycles. The van der Waals surface area contributed by atoms with Crippen LogP contribution in [0.2, 0.25) is 0 Å². The van der Waals surface area contributed by atoms with Crippen LogP contribution in [0.5, 0.6) is 0 Å². The Morgan fingerprint density at radius 2 is 1.80 bits per heavy atom. The van der Waals surface area contributed by atoms with Gasteiger partial charge in [-0.05, 0) is 26.1 Å². The van der Waals surface area contributed by atoms with Crippen LogP contribution in [0.1, 0.15) is 33.1 Å². The molecule has 0 amide bonds. The van der Waals surface area contributed by atoms with E-state index in [4.69, 9.17) is 11.5 Å². The summed E-state index contributed by atoms with van der Waals surface area (Å²) in [4.78, 5) is 0. The summed E-state index contributed by atoms with van der Waals surface area (Å²) in [6.45, 7) is 4.91. The molecule has 0 aliphatic carbocycles. The molecule has 0 heterocycles. The molecule has 0 spiro atoms. The Labute approximate surface area is 64.3 Å². The van der Waals surface area contributed by atoms with Crippen LogP contribution in [-0.4, -0.2) is 6.54 Å². The van der Waals surface area contributed by atoms with Gasteiger partial charge in [-0.3, -0.25) is 0 Å². The van der Waals surface area contributed by atoms with E-state index in [1.807, 2.05) is 6.92 Å². The van der Waals surface area contributed by atoms with Gasteiger partial charge in [0.15, 0.2) is 0 Å². The highest BCUT2D eigenvalue weighted by atomic mass is 14.5. The minimum Gasteiger partial charge on any atom is -0.405 e. The lowest BCUT2D eigenvalue weighted by atomic mass is 10.3. The van der Waals surface area contributed by atoms with Crippen molar-refractivity contribution in [2.75, 3.05) is 6.54 Å². The fourth-order valence-electron chi connectivity index (χ4n) is 0.394. The SMILES string of the molecule is CC=CN.CCCCCN. The highest BCUT2D eigenvalue weighted by Crippen LogP contribution is 1.88. The van der Waals surface area contributed by atoms with Crippen molar-refractivity contribution in [1.29, 1.82) is 0 Å². The second-order valence-electron chi connectivity index (χ2n) is 2.02. The third-order valence-electron chi connectivity index (χ3n) is 1.00. The molecule has 2 nitrogen and oxygen atoms in total. The largest absolute Gasteiger partial charge is 0.405 e. The Morgan fingerprint density at radius 1 is 1.30 bits per heavy atom. The molecule has 0 aromatic rings. The summed E-state index contributed by atoms with van der Waals surface area (Å²) in [7, 11) is 0. The number of hydrogen-bond donors (Lipinski definition) is 2. The molecule has 0 aliphatic heterocycles. The van der Waals surface area contributed by atoms with E-state index < -0.39 is 0 Å². The van der Waals surface area contributed by atoms with E-state index in [2.05, 4.69) is 6.92 Å². The first-order valence-corrected chi connectivity index (χ1v) is 3.86. The standard InChI is InChI=1S/C5H13N.C3H7N/c1-2-3-4-5-6;1-2-3-4/h2-6H2,1H3;2-3H,4H2,1H3. The number of nitrogens with two attached hydrogens (primary N) is 2. The number of allylic oxidation sites excluding steroid dienone is 1. The second-order valence-corrected chi connectivity index (χ2v) is 2.02. The molecule has 0 unspecified atom stereocenters. The lowest BCUT2D eigenvalue weighted by molar-refractivity contribution is 0.727. The summed E-state index contributed by atoms with van der Waals surface area (Å²) in [6, 6.07) is 0. The zero-order valence-corrected chi connectivity index (χ0v) is 7.14. The van der Waals surface area contributed by atoms with Crippen molar-refractivity contribution in [3.63, 3.8) is 0 Å². The monoisotopic (exact) mass is 144 g/mol. The maximum atomic E-state index is 5.21. The van der Waals surface area contributed by atoms with Gasteiger partial charge < -0.3 is 11.5 Å². The van der Waals surface area contributed by atoms with Gasteiger partial charge in [0.25, 0.3) is 0 Å². The molecule has 0 aromatic carbocycles. The van der Waals surface area contributed by atoms with Crippen molar-refractivity contribution in [3.05, 3.63) is 12.3 Å². The fraction of sp³-hybridized carbons (Fsp3) is 0.750.